The van der Waals surface area contributed by atoms with Gasteiger partial charge in [0.15, 0.2) is 0 Å². The van der Waals surface area contributed by atoms with Crippen LogP contribution in [0.5, 0.6) is 0 Å². The zero-order chi connectivity index (χ0) is 14.7. The molecule has 0 amide bonds. The fourth-order valence-electron chi connectivity index (χ4n) is 2.65. The Morgan fingerprint density at radius 1 is 0.950 bits per heavy atom. The molecule has 20 heavy (non-hydrogen) atoms. The molecule has 0 saturated carbocycles. The van der Waals surface area contributed by atoms with Crippen molar-refractivity contribution in [2.75, 3.05) is 0 Å². The van der Waals surface area contributed by atoms with Crippen LogP contribution in [0.25, 0.3) is 0 Å². The zero-order valence-electron chi connectivity index (χ0n) is 13.5. The molecule has 0 aromatic carbocycles. The van der Waals surface area contributed by atoms with Crippen molar-refractivity contribution in [3.63, 3.8) is 0 Å². The minimum atomic E-state index is -2.21. The molecule has 2 heteroatoms. The van der Waals surface area contributed by atoms with Crippen molar-refractivity contribution in [2.24, 2.45) is 0 Å². The van der Waals surface area contributed by atoms with Crippen LogP contribution in [0.3, 0.4) is 0 Å². The predicted molar refractivity (Wildman–Crippen MR) is 96.1 cm³/mol. The molecule has 0 saturated heterocycles. The van der Waals surface area contributed by atoms with Gasteiger partial charge in [0.05, 0.1) is 0 Å². The number of rotatable bonds is 9. The summed E-state index contributed by atoms with van der Waals surface area (Å²) in [7, 11) is 0. The van der Waals surface area contributed by atoms with Gasteiger partial charge in [0, 0.05) is 0 Å². The molecule has 0 unspecified atom stereocenters. The van der Waals surface area contributed by atoms with Crippen LogP contribution in [0.2, 0.25) is 13.3 Å². The first-order valence-corrected chi connectivity index (χ1v) is 16.7. The molecule has 0 aliphatic carbocycles. The molecule has 0 radical (unpaired) electrons. The molecular formula is C18H30SSn. The fourth-order valence-corrected chi connectivity index (χ4v) is 16.7. The summed E-state index contributed by atoms with van der Waals surface area (Å²) in [6.45, 7) is 6.97. The fraction of sp³-hybridized carbons (Fsp3) is 0.667. The van der Waals surface area contributed by atoms with Crippen molar-refractivity contribution in [1.29, 1.82) is 0 Å². The molecular weight excluding hydrogens is 367 g/mol. The third-order valence-corrected chi connectivity index (χ3v) is 17.9. The van der Waals surface area contributed by atoms with Crippen molar-refractivity contribution >= 4 is 29.7 Å². The molecule has 1 aromatic rings. The molecule has 1 rings (SSSR count). The van der Waals surface area contributed by atoms with E-state index in [-0.39, 0.29) is 0 Å². The molecule has 0 aliphatic heterocycles. The van der Waals surface area contributed by atoms with Gasteiger partial charge in [-0.05, 0) is 0 Å². The number of hydrogen-bond donors (Lipinski definition) is 0. The molecule has 0 bridgehead atoms. The van der Waals surface area contributed by atoms with Gasteiger partial charge < -0.3 is 0 Å². The Balaban J connectivity index is 2.86. The van der Waals surface area contributed by atoms with Gasteiger partial charge in [-0.1, -0.05) is 0 Å². The van der Waals surface area contributed by atoms with Gasteiger partial charge >= 0.3 is 135 Å². The zero-order valence-corrected chi connectivity index (χ0v) is 17.2. The molecule has 0 atom stereocenters. The Kier molecular flexibility index (Phi) is 9.72. The van der Waals surface area contributed by atoms with Crippen LogP contribution in [0.1, 0.15) is 64.2 Å². The van der Waals surface area contributed by atoms with E-state index in [0.29, 0.717) is 0 Å². The summed E-state index contributed by atoms with van der Waals surface area (Å²) >= 11 is -0.413. The second kappa shape index (κ2) is 10.7. The maximum atomic E-state index is 3.91. The topological polar surface area (TPSA) is 0 Å². The summed E-state index contributed by atoms with van der Waals surface area (Å²) in [5, 5.41) is 2.14. The van der Waals surface area contributed by atoms with E-state index < -0.39 is 18.4 Å². The standard InChI is InChI=1S/C6H3S.3C4H9.Sn/c1-2-6-4-3-5-7-6;3*1-3-4-2;/h3-5H;3*1,3-4H2,2H3;. The van der Waals surface area contributed by atoms with E-state index in [1.54, 1.807) is 11.3 Å². The van der Waals surface area contributed by atoms with Crippen LogP contribution >= 0.6 is 11.3 Å². The summed E-state index contributed by atoms with van der Waals surface area (Å²) in [6.07, 6.45) is 8.21. The number of unbranched alkanes of at least 4 members (excludes halogenated alkanes) is 3. The third-order valence-electron chi connectivity index (χ3n) is 4.00. The van der Waals surface area contributed by atoms with E-state index in [2.05, 4.69) is 48.1 Å². The minimum absolute atomic E-state index is 1.27. The molecule has 0 nitrogen and oxygen atoms in total. The Labute approximate surface area is 134 Å². The first-order valence-electron chi connectivity index (χ1n) is 8.33. The second-order valence-electron chi connectivity index (χ2n) is 5.82. The van der Waals surface area contributed by atoms with Crippen molar-refractivity contribution in [3.8, 4) is 9.86 Å². The van der Waals surface area contributed by atoms with Crippen molar-refractivity contribution in [2.45, 2.75) is 72.6 Å². The molecule has 0 fully saturated rings. The Morgan fingerprint density at radius 2 is 1.50 bits per heavy atom. The third kappa shape index (κ3) is 6.67. The normalized spacial score (nSPS) is 11.2. The van der Waals surface area contributed by atoms with Gasteiger partial charge in [0.2, 0.25) is 0 Å². The Hall–Kier alpha value is 0.0587. The first-order chi connectivity index (χ1) is 9.76. The summed E-state index contributed by atoms with van der Waals surface area (Å²) in [6, 6.07) is 4.30. The molecule has 0 aliphatic rings. The monoisotopic (exact) mass is 398 g/mol. The van der Waals surface area contributed by atoms with Gasteiger partial charge in [-0.15, -0.1) is 0 Å². The Morgan fingerprint density at radius 3 is 1.90 bits per heavy atom. The van der Waals surface area contributed by atoms with E-state index in [1.165, 1.54) is 56.7 Å². The summed E-state index contributed by atoms with van der Waals surface area (Å²) < 4.78 is 8.38. The van der Waals surface area contributed by atoms with Crippen LogP contribution in [-0.4, -0.2) is 18.4 Å². The molecule has 1 aromatic heterocycles. The van der Waals surface area contributed by atoms with Gasteiger partial charge in [-0.2, -0.15) is 0 Å². The summed E-state index contributed by atoms with van der Waals surface area (Å²) in [5.74, 6) is 3.55. The maximum absolute atomic E-state index is 3.91. The SMILES string of the molecule is CCC[CH2][Sn]([C]#Cc1cccs1)([CH2]CCC)[CH2]CCC. The molecule has 1 heterocycles. The second-order valence-corrected chi connectivity index (χ2v) is 19.1. The van der Waals surface area contributed by atoms with Crippen molar-refractivity contribution < 1.29 is 0 Å². The van der Waals surface area contributed by atoms with Gasteiger partial charge in [-0.25, -0.2) is 0 Å². The van der Waals surface area contributed by atoms with E-state index in [0.717, 1.165) is 0 Å². The van der Waals surface area contributed by atoms with Crippen LogP contribution in [-0.2, 0) is 0 Å². The quantitative estimate of drug-likeness (QED) is 0.330. The molecule has 0 spiro atoms. The van der Waals surface area contributed by atoms with E-state index in [9.17, 15) is 0 Å². The van der Waals surface area contributed by atoms with E-state index in [4.69, 9.17) is 0 Å². The average molecular weight is 397 g/mol. The van der Waals surface area contributed by atoms with E-state index >= 15 is 0 Å². The average Bonchev–Trinajstić information content (AvgIpc) is 2.99. The van der Waals surface area contributed by atoms with Crippen LogP contribution < -0.4 is 0 Å². The molecule has 0 N–H and O–H groups in total. The van der Waals surface area contributed by atoms with Crippen molar-refractivity contribution in [3.05, 3.63) is 22.4 Å². The van der Waals surface area contributed by atoms with Crippen LogP contribution in [0.15, 0.2) is 17.5 Å². The van der Waals surface area contributed by atoms with E-state index in [1.807, 2.05) is 0 Å². The summed E-state index contributed by atoms with van der Waals surface area (Å²) in [4.78, 5) is 1.27. The van der Waals surface area contributed by atoms with Gasteiger partial charge in [0.25, 0.3) is 0 Å². The predicted octanol–water partition coefficient (Wildman–Crippen LogP) is 6.49. The van der Waals surface area contributed by atoms with Gasteiger partial charge in [0.1, 0.15) is 0 Å². The van der Waals surface area contributed by atoms with Crippen molar-refractivity contribution in [1.82, 2.24) is 0 Å². The van der Waals surface area contributed by atoms with Crippen LogP contribution in [0, 0.1) is 9.86 Å². The number of thiophene rings is 1. The van der Waals surface area contributed by atoms with Crippen LogP contribution in [0.4, 0.5) is 0 Å². The van der Waals surface area contributed by atoms with Gasteiger partial charge in [-0.3, -0.25) is 0 Å². The Bertz CT molecular complexity index is 375. The number of hydrogen-bond acceptors (Lipinski definition) is 1. The first kappa shape index (κ1) is 18.1. The molecule has 112 valence electrons. The summed E-state index contributed by atoms with van der Waals surface area (Å²) in [5.41, 5.74) is 0.